The average Bonchev–Trinajstić information content (AvgIpc) is 3.56. The number of rotatable bonds is 7. The Hall–Kier alpha value is -2.52. The summed E-state index contributed by atoms with van der Waals surface area (Å²) in [6.07, 6.45) is 2.28. The van der Waals surface area contributed by atoms with Gasteiger partial charge in [0.05, 0.1) is 23.6 Å². The standard InChI is InChI=1S/C27H30N2O4S2/c1-20-8-5-6-12-23(20)27-24-14-17-34-25(24)13-15-29(27)26(30)19-28(18-21-9-7-16-33-21)35(31,32)22-10-3-2-4-11-22/h2-6,8,10-12,14,17,21,27H,7,9,13,15-16,18-19H2,1H3. The van der Waals surface area contributed by atoms with Crippen molar-refractivity contribution >= 4 is 27.3 Å². The van der Waals surface area contributed by atoms with Crippen LogP contribution in [0.5, 0.6) is 0 Å². The van der Waals surface area contributed by atoms with Crippen molar-refractivity contribution in [1.29, 1.82) is 0 Å². The van der Waals surface area contributed by atoms with Gasteiger partial charge in [-0.3, -0.25) is 4.79 Å². The zero-order valence-electron chi connectivity index (χ0n) is 19.8. The van der Waals surface area contributed by atoms with Gasteiger partial charge in [0.15, 0.2) is 0 Å². The molecule has 1 aromatic heterocycles. The first-order valence-corrected chi connectivity index (χ1v) is 14.3. The van der Waals surface area contributed by atoms with Crippen molar-refractivity contribution < 1.29 is 17.9 Å². The third kappa shape index (κ3) is 4.93. The lowest BCUT2D eigenvalue weighted by molar-refractivity contribution is -0.133. The van der Waals surface area contributed by atoms with E-state index >= 15 is 0 Å². The van der Waals surface area contributed by atoms with Gasteiger partial charge in [-0.15, -0.1) is 11.3 Å². The molecule has 2 atom stereocenters. The number of amides is 1. The predicted octanol–water partition coefficient (Wildman–Crippen LogP) is 4.40. The lowest BCUT2D eigenvalue weighted by Crippen LogP contribution is -2.48. The molecule has 2 aliphatic heterocycles. The van der Waals surface area contributed by atoms with E-state index < -0.39 is 10.0 Å². The molecule has 2 unspecified atom stereocenters. The van der Waals surface area contributed by atoms with Crippen molar-refractivity contribution in [2.45, 2.75) is 43.2 Å². The number of aryl methyl sites for hydroxylation is 1. The molecule has 2 aromatic carbocycles. The molecule has 1 amide bonds. The van der Waals surface area contributed by atoms with Crippen molar-refractivity contribution in [2.75, 3.05) is 26.2 Å². The SMILES string of the molecule is Cc1ccccc1C1c2ccsc2CCN1C(=O)CN(CC1CCCO1)S(=O)(=O)c1ccccc1. The highest BCUT2D eigenvalue weighted by Gasteiger charge is 2.37. The summed E-state index contributed by atoms with van der Waals surface area (Å²) in [5.74, 6) is -0.187. The first-order valence-electron chi connectivity index (χ1n) is 12.0. The number of fused-ring (bicyclic) bond motifs is 1. The van der Waals surface area contributed by atoms with E-state index in [9.17, 15) is 13.2 Å². The molecule has 184 valence electrons. The minimum Gasteiger partial charge on any atom is -0.377 e. The van der Waals surface area contributed by atoms with Gasteiger partial charge >= 0.3 is 0 Å². The quantitative estimate of drug-likeness (QED) is 0.473. The number of nitrogens with zero attached hydrogens (tertiary/aromatic N) is 2. The van der Waals surface area contributed by atoms with E-state index in [1.54, 1.807) is 41.7 Å². The second kappa shape index (κ2) is 10.2. The fraction of sp³-hybridized carbons (Fsp3) is 0.370. The Bertz CT molecular complexity index is 1280. The molecule has 8 heteroatoms. The maximum atomic E-state index is 13.9. The van der Waals surface area contributed by atoms with E-state index in [-0.39, 0.29) is 36.0 Å². The fourth-order valence-electron chi connectivity index (χ4n) is 5.06. The van der Waals surface area contributed by atoms with Crippen LogP contribution >= 0.6 is 11.3 Å². The number of thiophene rings is 1. The van der Waals surface area contributed by atoms with E-state index in [0.29, 0.717) is 13.2 Å². The van der Waals surface area contributed by atoms with E-state index in [1.165, 1.54) is 9.18 Å². The summed E-state index contributed by atoms with van der Waals surface area (Å²) in [6.45, 7) is 3.21. The molecular formula is C27H30N2O4S2. The van der Waals surface area contributed by atoms with Crippen LogP contribution in [-0.4, -0.2) is 55.9 Å². The van der Waals surface area contributed by atoms with E-state index in [4.69, 9.17) is 4.74 Å². The summed E-state index contributed by atoms with van der Waals surface area (Å²) < 4.78 is 34.3. The van der Waals surface area contributed by atoms with Crippen LogP contribution in [0.25, 0.3) is 0 Å². The van der Waals surface area contributed by atoms with Gasteiger partial charge in [0.25, 0.3) is 0 Å². The molecule has 35 heavy (non-hydrogen) atoms. The van der Waals surface area contributed by atoms with Gasteiger partial charge in [0.2, 0.25) is 15.9 Å². The lowest BCUT2D eigenvalue weighted by Gasteiger charge is -2.38. The molecule has 6 nitrogen and oxygen atoms in total. The number of carbonyl (C=O) groups is 1. The summed E-state index contributed by atoms with van der Waals surface area (Å²) in [5, 5.41) is 2.08. The molecule has 3 heterocycles. The first kappa shape index (κ1) is 24.2. The Balaban J connectivity index is 1.47. The number of hydrogen-bond acceptors (Lipinski definition) is 5. The molecule has 0 saturated carbocycles. The number of ether oxygens (including phenoxy) is 1. The highest BCUT2D eigenvalue weighted by Crippen LogP contribution is 2.39. The van der Waals surface area contributed by atoms with Crippen LogP contribution in [-0.2, 0) is 26.0 Å². The Kier molecular flexibility index (Phi) is 7.07. The van der Waals surface area contributed by atoms with Crippen molar-refractivity contribution in [3.63, 3.8) is 0 Å². The Morgan fingerprint density at radius 3 is 2.60 bits per heavy atom. The Labute approximate surface area is 211 Å². The van der Waals surface area contributed by atoms with Crippen molar-refractivity contribution in [2.24, 2.45) is 0 Å². The monoisotopic (exact) mass is 510 g/mol. The molecule has 1 fully saturated rings. The molecule has 5 rings (SSSR count). The van der Waals surface area contributed by atoms with Gasteiger partial charge in [-0.1, -0.05) is 42.5 Å². The second-order valence-electron chi connectivity index (χ2n) is 9.14. The molecule has 2 aliphatic rings. The van der Waals surface area contributed by atoms with Crippen LogP contribution in [0.15, 0.2) is 70.9 Å². The number of carbonyl (C=O) groups excluding carboxylic acids is 1. The van der Waals surface area contributed by atoms with Gasteiger partial charge in [-0.05, 0) is 66.5 Å². The van der Waals surface area contributed by atoms with Gasteiger partial charge in [-0.25, -0.2) is 8.42 Å². The maximum Gasteiger partial charge on any atom is 0.243 e. The van der Waals surface area contributed by atoms with Crippen LogP contribution in [0.1, 0.15) is 40.5 Å². The molecule has 0 aliphatic carbocycles. The predicted molar refractivity (Wildman–Crippen MR) is 137 cm³/mol. The van der Waals surface area contributed by atoms with E-state index in [1.807, 2.05) is 17.0 Å². The minimum atomic E-state index is -3.85. The number of hydrogen-bond donors (Lipinski definition) is 0. The van der Waals surface area contributed by atoms with Gasteiger partial charge in [-0.2, -0.15) is 4.31 Å². The molecule has 0 radical (unpaired) electrons. The van der Waals surface area contributed by atoms with E-state index in [0.717, 1.165) is 36.0 Å². The van der Waals surface area contributed by atoms with Crippen LogP contribution < -0.4 is 0 Å². The highest BCUT2D eigenvalue weighted by atomic mass is 32.2. The van der Waals surface area contributed by atoms with Crippen molar-refractivity contribution in [3.8, 4) is 0 Å². The topological polar surface area (TPSA) is 66.9 Å². The summed E-state index contributed by atoms with van der Waals surface area (Å²) >= 11 is 1.72. The zero-order chi connectivity index (χ0) is 24.4. The molecule has 0 spiro atoms. The third-order valence-electron chi connectivity index (χ3n) is 6.89. The largest absolute Gasteiger partial charge is 0.377 e. The number of benzene rings is 2. The van der Waals surface area contributed by atoms with Gasteiger partial charge < -0.3 is 9.64 Å². The van der Waals surface area contributed by atoms with Crippen LogP contribution in [0, 0.1) is 6.92 Å². The smallest absolute Gasteiger partial charge is 0.243 e. The van der Waals surface area contributed by atoms with Crippen molar-refractivity contribution in [3.05, 3.63) is 87.6 Å². The molecule has 3 aromatic rings. The van der Waals surface area contributed by atoms with Crippen LogP contribution in [0.2, 0.25) is 0 Å². The summed E-state index contributed by atoms with van der Waals surface area (Å²) in [6, 6.07) is 18.4. The normalized spacial score (nSPS) is 20.2. The maximum absolute atomic E-state index is 13.9. The Morgan fingerprint density at radius 1 is 1.09 bits per heavy atom. The van der Waals surface area contributed by atoms with E-state index in [2.05, 4.69) is 30.5 Å². The minimum absolute atomic E-state index is 0.176. The zero-order valence-corrected chi connectivity index (χ0v) is 21.4. The third-order valence-corrected chi connectivity index (χ3v) is 9.72. The summed E-state index contributed by atoms with van der Waals surface area (Å²) in [4.78, 5) is 17.2. The average molecular weight is 511 g/mol. The van der Waals surface area contributed by atoms with Gasteiger partial charge in [0.1, 0.15) is 0 Å². The molecule has 0 N–H and O–H groups in total. The molecule has 1 saturated heterocycles. The molecule has 0 bridgehead atoms. The summed E-state index contributed by atoms with van der Waals surface area (Å²) in [5.41, 5.74) is 3.33. The van der Waals surface area contributed by atoms with Gasteiger partial charge in [0, 0.05) is 24.6 Å². The van der Waals surface area contributed by atoms with Crippen LogP contribution in [0.3, 0.4) is 0 Å². The summed E-state index contributed by atoms with van der Waals surface area (Å²) in [7, 11) is -3.85. The van der Waals surface area contributed by atoms with Crippen molar-refractivity contribution in [1.82, 2.24) is 9.21 Å². The lowest BCUT2D eigenvalue weighted by atomic mass is 9.90. The fourth-order valence-corrected chi connectivity index (χ4v) is 7.41. The first-order chi connectivity index (χ1) is 16.9. The Morgan fingerprint density at radius 2 is 1.86 bits per heavy atom. The molecular weight excluding hydrogens is 480 g/mol. The highest BCUT2D eigenvalue weighted by molar-refractivity contribution is 7.89. The number of sulfonamides is 1. The van der Waals surface area contributed by atoms with Crippen LogP contribution in [0.4, 0.5) is 0 Å². The second-order valence-corrected chi connectivity index (χ2v) is 12.1.